The second kappa shape index (κ2) is 6.30. The maximum absolute atomic E-state index is 12.0. The molecule has 0 saturated carbocycles. The number of anilines is 2. The standard InChI is InChI=1S/C14H21N3OS/c1-10-3-4-11(7-13(10)15)16-14(18)8-17(2)12-5-6-19-9-12/h3-4,7,12H,5-6,8-9,15H2,1-2H3,(H,16,18). The van der Waals surface area contributed by atoms with Gasteiger partial charge in [0.25, 0.3) is 0 Å². The lowest BCUT2D eigenvalue weighted by molar-refractivity contribution is -0.117. The lowest BCUT2D eigenvalue weighted by Gasteiger charge is -2.22. The van der Waals surface area contributed by atoms with Crippen molar-refractivity contribution in [1.82, 2.24) is 4.90 Å². The summed E-state index contributed by atoms with van der Waals surface area (Å²) in [5.74, 6) is 2.34. The van der Waals surface area contributed by atoms with Gasteiger partial charge < -0.3 is 11.1 Å². The van der Waals surface area contributed by atoms with E-state index < -0.39 is 0 Å². The molecule has 2 rings (SSSR count). The molecule has 1 atom stereocenters. The molecule has 3 N–H and O–H groups in total. The van der Waals surface area contributed by atoms with E-state index in [0.29, 0.717) is 18.3 Å². The first-order valence-corrected chi connectivity index (χ1v) is 7.65. The molecule has 5 heteroatoms. The topological polar surface area (TPSA) is 58.4 Å². The van der Waals surface area contributed by atoms with Crippen molar-refractivity contribution in [1.29, 1.82) is 0 Å². The molecule has 0 aliphatic carbocycles. The molecule has 0 bridgehead atoms. The quantitative estimate of drug-likeness (QED) is 0.827. The van der Waals surface area contributed by atoms with Crippen molar-refractivity contribution in [2.75, 3.05) is 36.1 Å². The van der Waals surface area contributed by atoms with Crippen LogP contribution in [0.5, 0.6) is 0 Å². The third-order valence-corrected chi connectivity index (χ3v) is 4.63. The average molecular weight is 279 g/mol. The average Bonchev–Trinajstić information content (AvgIpc) is 2.87. The Morgan fingerprint density at radius 2 is 2.37 bits per heavy atom. The normalized spacial score (nSPS) is 18.8. The van der Waals surface area contributed by atoms with Gasteiger partial charge in [0, 0.05) is 23.2 Å². The highest BCUT2D eigenvalue weighted by Gasteiger charge is 2.21. The van der Waals surface area contributed by atoms with E-state index in [1.54, 1.807) is 6.07 Å². The fourth-order valence-corrected chi connectivity index (χ4v) is 3.44. The van der Waals surface area contributed by atoms with Crippen LogP contribution >= 0.6 is 11.8 Å². The summed E-state index contributed by atoms with van der Waals surface area (Å²) in [5.41, 5.74) is 8.33. The van der Waals surface area contributed by atoms with Crippen molar-refractivity contribution in [3.8, 4) is 0 Å². The van der Waals surface area contributed by atoms with Crippen molar-refractivity contribution in [2.24, 2.45) is 0 Å². The second-order valence-corrected chi connectivity index (χ2v) is 6.20. The predicted molar refractivity (Wildman–Crippen MR) is 82.6 cm³/mol. The number of hydrogen-bond acceptors (Lipinski definition) is 4. The number of carbonyl (C=O) groups excluding carboxylic acids is 1. The molecule has 19 heavy (non-hydrogen) atoms. The van der Waals surface area contributed by atoms with Gasteiger partial charge in [-0.3, -0.25) is 9.69 Å². The number of nitrogens with two attached hydrogens (primary N) is 1. The van der Waals surface area contributed by atoms with E-state index in [4.69, 9.17) is 5.73 Å². The Morgan fingerprint density at radius 1 is 1.58 bits per heavy atom. The number of amides is 1. The summed E-state index contributed by atoms with van der Waals surface area (Å²) < 4.78 is 0. The number of nitrogen functional groups attached to an aromatic ring is 1. The molecular weight excluding hydrogens is 258 g/mol. The van der Waals surface area contributed by atoms with Crippen molar-refractivity contribution in [2.45, 2.75) is 19.4 Å². The molecule has 0 aromatic heterocycles. The number of benzene rings is 1. The van der Waals surface area contributed by atoms with Crippen LogP contribution in [0.2, 0.25) is 0 Å². The van der Waals surface area contributed by atoms with Crippen LogP contribution in [0.4, 0.5) is 11.4 Å². The SMILES string of the molecule is Cc1ccc(NC(=O)CN(C)C2CCSC2)cc1N. The fraction of sp³-hybridized carbons (Fsp3) is 0.500. The zero-order valence-corrected chi connectivity index (χ0v) is 12.3. The maximum Gasteiger partial charge on any atom is 0.238 e. The molecule has 1 aliphatic heterocycles. The molecule has 1 aromatic carbocycles. The summed E-state index contributed by atoms with van der Waals surface area (Å²) >= 11 is 1.96. The van der Waals surface area contributed by atoms with E-state index in [1.165, 1.54) is 12.2 Å². The lowest BCUT2D eigenvalue weighted by atomic mass is 10.2. The van der Waals surface area contributed by atoms with Crippen molar-refractivity contribution in [3.63, 3.8) is 0 Å². The minimum Gasteiger partial charge on any atom is -0.398 e. The molecule has 0 radical (unpaired) electrons. The van der Waals surface area contributed by atoms with E-state index in [2.05, 4.69) is 10.2 Å². The highest BCUT2D eigenvalue weighted by atomic mass is 32.2. The van der Waals surface area contributed by atoms with Crippen LogP contribution in [-0.2, 0) is 4.79 Å². The van der Waals surface area contributed by atoms with Crippen LogP contribution in [0.25, 0.3) is 0 Å². The van der Waals surface area contributed by atoms with E-state index in [-0.39, 0.29) is 5.91 Å². The second-order valence-electron chi connectivity index (χ2n) is 5.05. The van der Waals surface area contributed by atoms with Crippen LogP contribution in [-0.4, -0.2) is 41.9 Å². The first-order valence-electron chi connectivity index (χ1n) is 6.50. The minimum atomic E-state index is 0.0163. The van der Waals surface area contributed by atoms with E-state index in [0.717, 1.165) is 17.0 Å². The smallest absolute Gasteiger partial charge is 0.238 e. The van der Waals surface area contributed by atoms with Gasteiger partial charge in [-0.05, 0) is 43.8 Å². The maximum atomic E-state index is 12.0. The van der Waals surface area contributed by atoms with Crippen molar-refractivity contribution < 1.29 is 4.79 Å². The number of aryl methyl sites for hydroxylation is 1. The van der Waals surface area contributed by atoms with Gasteiger partial charge in [0.2, 0.25) is 5.91 Å². The largest absolute Gasteiger partial charge is 0.398 e. The van der Waals surface area contributed by atoms with Gasteiger partial charge in [0.05, 0.1) is 6.54 Å². The van der Waals surface area contributed by atoms with Gasteiger partial charge in [0.15, 0.2) is 0 Å². The summed E-state index contributed by atoms with van der Waals surface area (Å²) in [6, 6.07) is 6.13. The van der Waals surface area contributed by atoms with Gasteiger partial charge in [-0.25, -0.2) is 0 Å². The number of nitrogens with one attached hydrogen (secondary N) is 1. The third kappa shape index (κ3) is 3.88. The lowest BCUT2D eigenvalue weighted by Crippen LogP contribution is -2.38. The Labute approximate surface area is 118 Å². The van der Waals surface area contributed by atoms with Gasteiger partial charge in [-0.15, -0.1) is 0 Å². The molecule has 0 spiro atoms. The summed E-state index contributed by atoms with van der Waals surface area (Å²) in [7, 11) is 2.01. The van der Waals surface area contributed by atoms with Crippen LogP contribution in [0.3, 0.4) is 0 Å². The molecule has 4 nitrogen and oxygen atoms in total. The van der Waals surface area contributed by atoms with Crippen molar-refractivity contribution in [3.05, 3.63) is 23.8 Å². The number of carbonyl (C=O) groups is 1. The molecule has 1 saturated heterocycles. The Kier molecular flexibility index (Phi) is 4.71. The Bertz CT molecular complexity index is 458. The first kappa shape index (κ1) is 14.2. The minimum absolute atomic E-state index is 0.0163. The Hall–Kier alpha value is -1.20. The molecule has 1 aromatic rings. The summed E-state index contributed by atoms with van der Waals surface area (Å²) in [6.45, 7) is 2.38. The van der Waals surface area contributed by atoms with Gasteiger partial charge in [0.1, 0.15) is 0 Å². The Balaban J connectivity index is 1.88. The highest BCUT2D eigenvalue weighted by molar-refractivity contribution is 7.99. The van der Waals surface area contributed by atoms with Crippen molar-refractivity contribution >= 4 is 29.0 Å². The fourth-order valence-electron chi connectivity index (χ4n) is 2.14. The molecule has 1 amide bonds. The highest BCUT2D eigenvalue weighted by Crippen LogP contribution is 2.21. The number of rotatable bonds is 4. The van der Waals surface area contributed by atoms with Gasteiger partial charge in [-0.2, -0.15) is 11.8 Å². The third-order valence-electron chi connectivity index (χ3n) is 3.48. The number of nitrogens with zero attached hydrogens (tertiary/aromatic N) is 1. The molecule has 1 unspecified atom stereocenters. The molecule has 1 fully saturated rings. The van der Waals surface area contributed by atoms with Gasteiger partial charge >= 0.3 is 0 Å². The molecule has 1 aliphatic rings. The number of hydrogen-bond donors (Lipinski definition) is 2. The molecular formula is C14H21N3OS. The predicted octanol–water partition coefficient (Wildman–Crippen LogP) is 1.95. The summed E-state index contributed by atoms with van der Waals surface area (Å²) in [6.07, 6.45) is 1.17. The van der Waals surface area contributed by atoms with E-state index >= 15 is 0 Å². The number of thioether (sulfide) groups is 1. The van der Waals surface area contributed by atoms with Crippen LogP contribution in [0.15, 0.2) is 18.2 Å². The summed E-state index contributed by atoms with van der Waals surface area (Å²) in [4.78, 5) is 14.1. The van der Waals surface area contributed by atoms with E-state index in [9.17, 15) is 4.79 Å². The monoisotopic (exact) mass is 279 g/mol. The first-order chi connectivity index (χ1) is 9.06. The van der Waals surface area contributed by atoms with E-state index in [1.807, 2.05) is 37.9 Å². The molecule has 1 heterocycles. The molecule has 104 valence electrons. The summed E-state index contributed by atoms with van der Waals surface area (Å²) in [5, 5.41) is 2.90. The Morgan fingerprint density at radius 3 is 3.00 bits per heavy atom. The zero-order valence-electron chi connectivity index (χ0n) is 11.5. The van der Waals surface area contributed by atoms with Crippen LogP contribution < -0.4 is 11.1 Å². The van der Waals surface area contributed by atoms with Crippen LogP contribution in [0.1, 0.15) is 12.0 Å². The van der Waals surface area contributed by atoms with Crippen LogP contribution in [0, 0.1) is 6.92 Å². The van der Waals surface area contributed by atoms with Gasteiger partial charge in [-0.1, -0.05) is 6.07 Å². The number of likely N-dealkylation sites (N-methyl/N-ethyl adjacent to an activating group) is 1. The zero-order chi connectivity index (χ0) is 13.8.